The molecule has 1 atom stereocenters. The molecule has 0 aliphatic heterocycles. The van der Waals surface area contributed by atoms with Crippen molar-refractivity contribution < 1.29 is 23.1 Å². The molecule has 96 valence electrons. The zero-order valence-electron chi connectivity index (χ0n) is 9.34. The number of nitrogens with two attached hydrogens (primary N) is 1. The van der Waals surface area contributed by atoms with Crippen LogP contribution in [0, 0.1) is 0 Å². The van der Waals surface area contributed by atoms with E-state index in [0.717, 1.165) is 4.90 Å². The monoisotopic (exact) mass is 242 g/mol. The Morgan fingerprint density at radius 2 is 1.94 bits per heavy atom. The second kappa shape index (κ2) is 5.49. The first-order chi connectivity index (χ1) is 7.04. The Morgan fingerprint density at radius 1 is 1.44 bits per heavy atom. The first-order valence-corrected chi connectivity index (χ1v) is 4.82. The quantitative estimate of drug-likeness (QED) is 0.731. The van der Waals surface area contributed by atoms with Gasteiger partial charge in [0.1, 0.15) is 5.54 Å². The highest BCUT2D eigenvalue weighted by Crippen LogP contribution is 2.16. The molecule has 0 radical (unpaired) electrons. The molecule has 1 unspecified atom stereocenters. The highest BCUT2D eigenvalue weighted by molar-refractivity contribution is 5.77. The second-order valence-electron chi connectivity index (χ2n) is 4.18. The SMILES string of the molecule is CN(CCCC(C)(N)C(=O)O)CC(F)(F)F. The van der Waals surface area contributed by atoms with Crippen molar-refractivity contribution in [1.82, 2.24) is 4.90 Å². The molecule has 4 nitrogen and oxygen atoms in total. The van der Waals surface area contributed by atoms with Gasteiger partial charge < -0.3 is 10.8 Å². The minimum absolute atomic E-state index is 0.143. The van der Waals surface area contributed by atoms with Gasteiger partial charge in [-0.15, -0.1) is 0 Å². The molecule has 0 aromatic rings. The van der Waals surface area contributed by atoms with Crippen LogP contribution in [0.5, 0.6) is 0 Å². The summed E-state index contributed by atoms with van der Waals surface area (Å²) in [7, 11) is 1.34. The molecular weight excluding hydrogens is 225 g/mol. The highest BCUT2D eigenvalue weighted by atomic mass is 19.4. The van der Waals surface area contributed by atoms with E-state index in [2.05, 4.69) is 0 Å². The van der Waals surface area contributed by atoms with E-state index in [9.17, 15) is 18.0 Å². The standard InChI is InChI=1S/C9H17F3N2O2/c1-8(13,7(15)16)4-3-5-14(2)6-9(10,11)12/h3-6,13H2,1-2H3,(H,15,16). The van der Waals surface area contributed by atoms with Gasteiger partial charge in [-0.05, 0) is 33.4 Å². The molecular formula is C9H17F3N2O2. The number of nitrogens with zero attached hydrogens (tertiary/aromatic N) is 1. The van der Waals surface area contributed by atoms with Crippen LogP contribution < -0.4 is 5.73 Å². The lowest BCUT2D eigenvalue weighted by Gasteiger charge is -2.22. The van der Waals surface area contributed by atoms with Gasteiger partial charge in [0.15, 0.2) is 0 Å². The summed E-state index contributed by atoms with van der Waals surface area (Å²) in [5.41, 5.74) is 4.06. The molecule has 0 fully saturated rings. The van der Waals surface area contributed by atoms with E-state index in [1.807, 2.05) is 0 Å². The Labute approximate surface area is 92.2 Å². The number of hydrogen-bond acceptors (Lipinski definition) is 3. The van der Waals surface area contributed by atoms with Crippen LogP contribution in [-0.2, 0) is 4.79 Å². The minimum Gasteiger partial charge on any atom is -0.480 e. The number of rotatable bonds is 6. The molecule has 0 aliphatic rings. The van der Waals surface area contributed by atoms with Gasteiger partial charge in [-0.2, -0.15) is 13.2 Å². The van der Waals surface area contributed by atoms with E-state index >= 15 is 0 Å². The van der Waals surface area contributed by atoms with Crippen LogP contribution in [0.3, 0.4) is 0 Å². The molecule has 0 spiro atoms. The lowest BCUT2D eigenvalue weighted by Crippen LogP contribution is -2.45. The Balaban J connectivity index is 3.87. The third-order valence-corrected chi connectivity index (χ3v) is 2.17. The molecule has 0 saturated carbocycles. The largest absolute Gasteiger partial charge is 0.480 e. The number of halogens is 3. The fourth-order valence-corrected chi connectivity index (χ4v) is 1.21. The Morgan fingerprint density at radius 3 is 2.31 bits per heavy atom. The van der Waals surface area contributed by atoms with Crippen molar-refractivity contribution in [3.8, 4) is 0 Å². The minimum atomic E-state index is -4.23. The predicted octanol–water partition coefficient (Wildman–Crippen LogP) is 1.06. The molecule has 0 aromatic carbocycles. The predicted molar refractivity (Wildman–Crippen MR) is 53.0 cm³/mol. The number of hydrogen-bond donors (Lipinski definition) is 2. The summed E-state index contributed by atoms with van der Waals surface area (Å²) in [5.74, 6) is -1.15. The summed E-state index contributed by atoms with van der Waals surface area (Å²) < 4.78 is 35.8. The topological polar surface area (TPSA) is 66.6 Å². The maximum atomic E-state index is 11.9. The number of carbonyl (C=O) groups is 1. The van der Waals surface area contributed by atoms with E-state index in [1.54, 1.807) is 0 Å². The Bertz CT molecular complexity index is 241. The molecule has 0 saturated heterocycles. The van der Waals surface area contributed by atoms with Gasteiger partial charge in [-0.25, -0.2) is 0 Å². The smallest absolute Gasteiger partial charge is 0.401 e. The van der Waals surface area contributed by atoms with E-state index in [0.29, 0.717) is 6.42 Å². The third kappa shape index (κ3) is 6.62. The van der Waals surface area contributed by atoms with Crippen LogP contribution in [-0.4, -0.2) is 47.8 Å². The summed E-state index contributed by atoms with van der Waals surface area (Å²) in [5, 5.41) is 8.67. The Kier molecular flexibility index (Phi) is 5.21. The van der Waals surface area contributed by atoms with Crippen molar-refractivity contribution in [3.63, 3.8) is 0 Å². The first kappa shape index (κ1) is 15.2. The van der Waals surface area contributed by atoms with E-state index in [1.165, 1.54) is 14.0 Å². The zero-order chi connectivity index (χ0) is 13.0. The summed E-state index contributed by atoms with van der Waals surface area (Å²) in [6, 6.07) is 0. The highest BCUT2D eigenvalue weighted by Gasteiger charge is 2.30. The molecule has 7 heteroatoms. The molecule has 16 heavy (non-hydrogen) atoms. The van der Waals surface area contributed by atoms with Crippen LogP contribution in [0.15, 0.2) is 0 Å². The van der Waals surface area contributed by atoms with E-state index < -0.39 is 24.2 Å². The van der Waals surface area contributed by atoms with E-state index in [-0.39, 0.29) is 13.0 Å². The Hall–Kier alpha value is -0.820. The van der Waals surface area contributed by atoms with E-state index in [4.69, 9.17) is 10.8 Å². The van der Waals surface area contributed by atoms with Crippen LogP contribution >= 0.6 is 0 Å². The van der Waals surface area contributed by atoms with Crippen LogP contribution in [0.1, 0.15) is 19.8 Å². The summed E-state index contributed by atoms with van der Waals surface area (Å²) in [6.45, 7) is 0.514. The summed E-state index contributed by atoms with van der Waals surface area (Å²) in [4.78, 5) is 11.7. The molecule has 0 rings (SSSR count). The molecule has 0 aliphatic carbocycles. The van der Waals surface area contributed by atoms with Crippen molar-refractivity contribution in [2.75, 3.05) is 20.1 Å². The van der Waals surface area contributed by atoms with Gasteiger partial charge >= 0.3 is 12.1 Å². The molecule has 0 heterocycles. The zero-order valence-corrected chi connectivity index (χ0v) is 9.34. The van der Waals surface area contributed by atoms with Crippen molar-refractivity contribution in [2.24, 2.45) is 5.73 Å². The summed E-state index contributed by atoms with van der Waals surface area (Å²) in [6.07, 6.45) is -3.77. The number of aliphatic carboxylic acids is 1. The van der Waals surface area contributed by atoms with Crippen molar-refractivity contribution in [1.29, 1.82) is 0 Å². The normalized spacial score (nSPS) is 16.2. The molecule has 0 amide bonds. The van der Waals surface area contributed by atoms with Gasteiger partial charge in [0.05, 0.1) is 6.54 Å². The van der Waals surface area contributed by atoms with Crippen molar-refractivity contribution in [3.05, 3.63) is 0 Å². The van der Waals surface area contributed by atoms with Crippen LogP contribution in [0.25, 0.3) is 0 Å². The van der Waals surface area contributed by atoms with Crippen molar-refractivity contribution >= 4 is 5.97 Å². The lowest BCUT2D eigenvalue weighted by molar-refractivity contribution is -0.145. The van der Waals surface area contributed by atoms with Crippen molar-refractivity contribution in [2.45, 2.75) is 31.5 Å². The summed E-state index contributed by atoms with van der Waals surface area (Å²) >= 11 is 0. The average molecular weight is 242 g/mol. The maximum absolute atomic E-state index is 11.9. The number of alkyl halides is 3. The van der Waals surface area contributed by atoms with Gasteiger partial charge in [0.2, 0.25) is 0 Å². The lowest BCUT2D eigenvalue weighted by atomic mass is 9.97. The van der Waals surface area contributed by atoms with Gasteiger partial charge in [-0.3, -0.25) is 9.69 Å². The molecule has 3 N–H and O–H groups in total. The number of carboxylic acids is 1. The van der Waals surface area contributed by atoms with Gasteiger partial charge in [-0.1, -0.05) is 0 Å². The fourth-order valence-electron chi connectivity index (χ4n) is 1.21. The van der Waals surface area contributed by atoms with Gasteiger partial charge in [0.25, 0.3) is 0 Å². The first-order valence-electron chi connectivity index (χ1n) is 4.82. The molecule has 0 aromatic heterocycles. The number of carboxylic acid groups (broad SMARTS) is 1. The van der Waals surface area contributed by atoms with Gasteiger partial charge in [0, 0.05) is 0 Å². The maximum Gasteiger partial charge on any atom is 0.401 e. The fraction of sp³-hybridized carbons (Fsp3) is 0.889. The van der Waals surface area contributed by atoms with Crippen LogP contribution in [0.4, 0.5) is 13.2 Å². The third-order valence-electron chi connectivity index (χ3n) is 2.17. The average Bonchev–Trinajstić information content (AvgIpc) is 1.99. The second-order valence-corrected chi connectivity index (χ2v) is 4.18. The van der Waals surface area contributed by atoms with Crippen LogP contribution in [0.2, 0.25) is 0 Å². The molecule has 0 bridgehead atoms.